The van der Waals surface area contributed by atoms with Gasteiger partial charge < -0.3 is 37.5 Å². The molecule has 3 atom stereocenters. The number of nitrogen functional groups attached to an aromatic ring is 1. The predicted molar refractivity (Wildman–Crippen MR) is 193 cm³/mol. The van der Waals surface area contributed by atoms with Crippen molar-refractivity contribution < 1.29 is 28.7 Å². The molecule has 50 heavy (non-hydrogen) atoms. The van der Waals surface area contributed by atoms with Crippen molar-refractivity contribution in [1.82, 2.24) is 21.3 Å². The summed E-state index contributed by atoms with van der Waals surface area (Å²) in [4.78, 5) is 66.9. The number of Topliss-reactive ketones (excluding diaryl/α,β-unsaturated/α-hetero) is 1. The van der Waals surface area contributed by atoms with Crippen molar-refractivity contribution in [3.63, 3.8) is 0 Å². The predicted octanol–water partition coefficient (Wildman–Crippen LogP) is 3.16. The number of nitrogens with two attached hydrogens (primary N) is 2. The average Bonchev–Trinajstić information content (AvgIpc) is 3.07. The van der Waals surface area contributed by atoms with Crippen LogP contribution in [0.1, 0.15) is 69.3 Å². The molecule has 0 fully saturated rings. The minimum absolute atomic E-state index is 0.0419. The first-order chi connectivity index (χ1) is 23.8. The summed E-state index contributed by atoms with van der Waals surface area (Å²) in [5, 5.41) is 19.7. The van der Waals surface area contributed by atoms with Gasteiger partial charge in [0.1, 0.15) is 18.7 Å². The molecule has 0 radical (unpaired) electrons. The molecule has 0 aliphatic carbocycles. The second-order valence-corrected chi connectivity index (χ2v) is 13.1. The summed E-state index contributed by atoms with van der Waals surface area (Å²) in [6.07, 6.45) is 0.977. The van der Waals surface area contributed by atoms with Crippen LogP contribution in [0.3, 0.4) is 0 Å². The molecule has 0 saturated heterocycles. The van der Waals surface area contributed by atoms with Crippen LogP contribution >= 0.6 is 0 Å². The summed E-state index contributed by atoms with van der Waals surface area (Å²) in [7, 11) is 0. The fraction of sp³-hybridized carbons (Fsp3) is 0.405. The van der Waals surface area contributed by atoms with Crippen molar-refractivity contribution in [3.8, 4) is 0 Å². The Balaban J connectivity index is 1.81. The fourth-order valence-electron chi connectivity index (χ4n) is 5.49. The van der Waals surface area contributed by atoms with Crippen molar-refractivity contribution in [2.24, 2.45) is 17.6 Å². The summed E-state index contributed by atoms with van der Waals surface area (Å²) >= 11 is 0. The molecule has 0 bridgehead atoms. The molecule has 0 saturated carbocycles. The van der Waals surface area contributed by atoms with Gasteiger partial charge in [0, 0.05) is 12.2 Å². The normalized spacial score (nSPS) is 12.8. The molecule has 0 aliphatic heterocycles. The highest BCUT2D eigenvalue weighted by Gasteiger charge is 2.32. The number of benzene rings is 3. The highest BCUT2D eigenvalue weighted by atomic mass is 16.5. The van der Waals surface area contributed by atoms with Crippen LogP contribution in [0.15, 0.2) is 66.7 Å². The molecule has 0 spiro atoms. The van der Waals surface area contributed by atoms with Gasteiger partial charge in [0.2, 0.25) is 11.8 Å². The quantitative estimate of drug-likeness (QED) is 0.0211. The van der Waals surface area contributed by atoms with Crippen LogP contribution in [0, 0.1) is 17.2 Å². The fourth-order valence-corrected chi connectivity index (χ4v) is 5.49. The van der Waals surface area contributed by atoms with Crippen LogP contribution < -0.4 is 32.7 Å². The van der Waals surface area contributed by atoms with Crippen molar-refractivity contribution in [2.75, 3.05) is 12.3 Å². The minimum atomic E-state index is -1.14. The van der Waals surface area contributed by atoms with E-state index in [0.717, 1.165) is 5.39 Å². The number of hydrogen-bond acceptors (Lipinski definition) is 8. The van der Waals surface area contributed by atoms with Gasteiger partial charge in [0.25, 0.3) is 0 Å². The number of guanidine groups is 1. The highest BCUT2D eigenvalue weighted by molar-refractivity contribution is 6.33. The number of rotatable bonds is 17. The molecular weight excluding hydrogens is 638 g/mol. The Hall–Kier alpha value is -5.46. The largest absolute Gasteiger partial charge is 0.454 e. The third-order valence-electron chi connectivity index (χ3n) is 7.89. The topological polar surface area (TPSA) is 219 Å². The number of hydrogen-bond donors (Lipinski definition) is 7. The molecular formula is C37H49N7O6. The lowest BCUT2D eigenvalue weighted by atomic mass is 9.93. The summed E-state index contributed by atoms with van der Waals surface area (Å²) < 4.78 is 5.13. The zero-order chi connectivity index (χ0) is 36.8. The molecule has 0 aromatic heterocycles. The zero-order valence-corrected chi connectivity index (χ0v) is 29.1. The highest BCUT2D eigenvalue weighted by Crippen LogP contribution is 2.26. The van der Waals surface area contributed by atoms with Crippen molar-refractivity contribution in [1.29, 1.82) is 5.41 Å². The zero-order valence-electron chi connectivity index (χ0n) is 29.1. The Bertz CT molecular complexity index is 1660. The Morgan fingerprint density at radius 2 is 1.34 bits per heavy atom. The van der Waals surface area contributed by atoms with Gasteiger partial charge in [-0.05, 0) is 59.9 Å². The van der Waals surface area contributed by atoms with Crippen LogP contribution in [0.2, 0.25) is 0 Å². The van der Waals surface area contributed by atoms with E-state index in [2.05, 4.69) is 21.3 Å². The Morgan fingerprint density at radius 1 is 0.760 bits per heavy atom. The van der Waals surface area contributed by atoms with E-state index in [9.17, 15) is 24.0 Å². The molecule has 3 rings (SSSR count). The molecule has 0 heterocycles. The molecule has 3 aromatic carbocycles. The molecule has 13 nitrogen and oxygen atoms in total. The number of anilines is 1. The number of carbonyl (C=O) groups is 5. The Morgan fingerprint density at radius 3 is 1.96 bits per heavy atom. The van der Waals surface area contributed by atoms with Gasteiger partial charge >= 0.3 is 11.9 Å². The Labute approximate surface area is 292 Å². The van der Waals surface area contributed by atoms with Crippen LogP contribution in [-0.4, -0.2) is 60.1 Å². The molecule has 3 amide bonds. The lowest BCUT2D eigenvalue weighted by Gasteiger charge is -2.27. The van der Waals surface area contributed by atoms with Crippen LogP contribution in [0.4, 0.5) is 5.69 Å². The van der Waals surface area contributed by atoms with Crippen molar-refractivity contribution >= 4 is 51.9 Å². The second-order valence-electron chi connectivity index (χ2n) is 13.1. The van der Waals surface area contributed by atoms with Gasteiger partial charge in [0.15, 0.2) is 11.7 Å². The number of nitrogens with one attached hydrogen (secondary N) is 5. The third kappa shape index (κ3) is 11.9. The maximum absolute atomic E-state index is 14.1. The van der Waals surface area contributed by atoms with Crippen molar-refractivity contribution in [2.45, 2.75) is 78.1 Å². The van der Waals surface area contributed by atoms with Crippen molar-refractivity contribution in [3.05, 3.63) is 77.9 Å². The van der Waals surface area contributed by atoms with E-state index in [0.29, 0.717) is 17.4 Å². The monoisotopic (exact) mass is 687 g/mol. The van der Waals surface area contributed by atoms with Gasteiger partial charge in [-0.1, -0.05) is 88.4 Å². The number of carbonyl (C=O) groups excluding carboxylic acids is 5. The molecule has 268 valence electrons. The van der Waals surface area contributed by atoms with E-state index in [1.165, 1.54) is 0 Å². The molecule has 9 N–H and O–H groups in total. The second kappa shape index (κ2) is 18.9. The van der Waals surface area contributed by atoms with Gasteiger partial charge in [-0.2, -0.15) is 0 Å². The summed E-state index contributed by atoms with van der Waals surface area (Å²) in [6, 6.07) is 16.4. The number of amides is 3. The van der Waals surface area contributed by atoms with Gasteiger partial charge in [-0.15, -0.1) is 0 Å². The maximum atomic E-state index is 14.1. The maximum Gasteiger partial charge on any atom is 0.397 e. The summed E-state index contributed by atoms with van der Waals surface area (Å²) in [6.45, 7) is 7.66. The third-order valence-corrected chi connectivity index (χ3v) is 7.89. The van der Waals surface area contributed by atoms with E-state index in [-0.39, 0.29) is 61.5 Å². The van der Waals surface area contributed by atoms with E-state index in [1.807, 2.05) is 52.0 Å². The van der Waals surface area contributed by atoms with Gasteiger partial charge in [-0.25, -0.2) is 4.79 Å². The molecule has 0 aliphatic rings. The first-order valence-corrected chi connectivity index (χ1v) is 16.8. The first kappa shape index (κ1) is 39.0. The minimum Gasteiger partial charge on any atom is -0.454 e. The summed E-state index contributed by atoms with van der Waals surface area (Å²) in [5.74, 6) is -4.19. The smallest absolute Gasteiger partial charge is 0.397 e. The van der Waals surface area contributed by atoms with E-state index >= 15 is 0 Å². The summed E-state index contributed by atoms with van der Waals surface area (Å²) in [5.41, 5.74) is 13.0. The van der Waals surface area contributed by atoms with Crippen LogP contribution in [0.25, 0.3) is 10.8 Å². The van der Waals surface area contributed by atoms with Gasteiger partial charge in [-0.3, -0.25) is 24.6 Å². The standard InChI is InChI=1S/C37H49N7O6/c1-22(2)19-29(43-34(47)30(20-23(3)4)44-35(48)36(49)50-21-24-11-6-5-7-12-24)33(46)42-28(15-10-18-41-37(39)40)32(45)31-26-14-9-8-13-25(26)16-17-27(31)38/h5-9,11-14,16-17,22-23,28-30H,10,15,18-21,38H2,1-4H3,(H,42,46)(H,43,47)(H,44,48)(H4,39,40,41). The molecule has 3 aromatic rings. The van der Waals surface area contributed by atoms with E-state index in [1.54, 1.807) is 42.5 Å². The van der Waals surface area contributed by atoms with E-state index in [4.69, 9.17) is 21.6 Å². The van der Waals surface area contributed by atoms with Crippen LogP contribution in [-0.2, 0) is 30.5 Å². The van der Waals surface area contributed by atoms with E-state index < -0.39 is 47.6 Å². The number of fused-ring (bicyclic) bond motifs is 1. The molecule has 3 unspecified atom stereocenters. The lowest BCUT2D eigenvalue weighted by molar-refractivity contribution is -0.156. The number of esters is 1. The SMILES string of the molecule is CC(C)CC(NC(=O)C(=O)OCc1ccccc1)C(=O)NC(CC(C)C)C(=O)NC(CCCNC(=N)N)C(=O)c1c(N)ccc2ccccc12. The van der Waals surface area contributed by atoms with Crippen LogP contribution in [0.5, 0.6) is 0 Å². The first-order valence-electron chi connectivity index (χ1n) is 16.8. The lowest BCUT2D eigenvalue weighted by Crippen LogP contribution is -2.57. The number of ketones is 1. The number of ether oxygens (including phenoxy) is 1. The Kier molecular flexibility index (Phi) is 14.7. The molecule has 13 heteroatoms. The van der Waals surface area contributed by atoms with Gasteiger partial charge in [0.05, 0.1) is 11.6 Å². The average molecular weight is 688 g/mol.